The van der Waals surface area contributed by atoms with Gasteiger partial charge < -0.3 is 14.6 Å². The number of carbonyl (C=O) groups is 1. The summed E-state index contributed by atoms with van der Waals surface area (Å²) in [5.74, 6) is -0.488. The molecule has 0 saturated carbocycles. The zero-order valence-corrected chi connectivity index (χ0v) is 9.70. The third-order valence-corrected chi connectivity index (χ3v) is 2.81. The van der Waals surface area contributed by atoms with E-state index >= 15 is 0 Å². The smallest absolute Gasteiger partial charge is 0.338 e. The maximum Gasteiger partial charge on any atom is 0.338 e. The molecule has 92 valence electrons. The van der Waals surface area contributed by atoms with E-state index in [-0.39, 0.29) is 6.10 Å². The summed E-state index contributed by atoms with van der Waals surface area (Å²) in [7, 11) is 0. The minimum absolute atomic E-state index is 0.236. The molecular weight excluding hydrogens is 220 g/mol. The molecule has 1 saturated heterocycles. The van der Waals surface area contributed by atoms with Crippen LogP contribution in [0.1, 0.15) is 25.0 Å². The molecule has 1 aromatic carbocycles. The molecule has 1 aromatic rings. The highest BCUT2D eigenvalue weighted by Crippen LogP contribution is 2.33. The van der Waals surface area contributed by atoms with Gasteiger partial charge in [0.15, 0.2) is 6.10 Å². The summed E-state index contributed by atoms with van der Waals surface area (Å²) in [4.78, 5) is 11.5. The zero-order valence-electron chi connectivity index (χ0n) is 9.70. The molecule has 4 nitrogen and oxygen atoms in total. The van der Waals surface area contributed by atoms with E-state index in [2.05, 4.69) is 0 Å². The van der Waals surface area contributed by atoms with Crippen molar-refractivity contribution in [3.63, 3.8) is 0 Å². The monoisotopic (exact) mass is 236 g/mol. The number of esters is 1. The summed E-state index contributed by atoms with van der Waals surface area (Å²) in [6, 6.07) is 9.57. The SMILES string of the molecule is CCOC(=O)[C@@H]1O[C@@H](c2ccccc2)C[C@H]1O. The van der Waals surface area contributed by atoms with Crippen LogP contribution in [0.5, 0.6) is 0 Å². The highest BCUT2D eigenvalue weighted by Gasteiger charge is 2.40. The van der Waals surface area contributed by atoms with Gasteiger partial charge in [-0.15, -0.1) is 0 Å². The van der Waals surface area contributed by atoms with Gasteiger partial charge in [-0.05, 0) is 12.5 Å². The number of hydrogen-bond donors (Lipinski definition) is 1. The lowest BCUT2D eigenvalue weighted by atomic mass is 10.0. The third kappa shape index (κ3) is 2.65. The normalized spacial score (nSPS) is 28.0. The van der Waals surface area contributed by atoms with Gasteiger partial charge in [0.2, 0.25) is 0 Å². The molecule has 2 rings (SSSR count). The second kappa shape index (κ2) is 5.29. The predicted octanol–water partition coefficient (Wildman–Crippen LogP) is 1.44. The average molecular weight is 236 g/mol. The first-order chi connectivity index (χ1) is 8.22. The number of carbonyl (C=O) groups excluding carboxylic acids is 1. The fraction of sp³-hybridized carbons (Fsp3) is 0.462. The fourth-order valence-corrected chi connectivity index (χ4v) is 1.99. The van der Waals surface area contributed by atoms with Crippen molar-refractivity contribution < 1.29 is 19.4 Å². The van der Waals surface area contributed by atoms with E-state index in [1.807, 2.05) is 30.3 Å². The number of aliphatic hydroxyl groups excluding tert-OH is 1. The molecule has 1 N–H and O–H groups in total. The highest BCUT2D eigenvalue weighted by atomic mass is 16.6. The third-order valence-electron chi connectivity index (χ3n) is 2.81. The molecule has 1 heterocycles. The minimum atomic E-state index is -0.861. The van der Waals surface area contributed by atoms with Gasteiger partial charge in [0.1, 0.15) is 0 Å². The molecule has 1 aliphatic heterocycles. The van der Waals surface area contributed by atoms with E-state index in [0.717, 1.165) is 5.56 Å². The number of aliphatic hydroxyl groups is 1. The van der Waals surface area contributed by atoms with Gasteiger partial charge in [0, 0.05) is 6.42 Å². The Balaban J connectivity index is 2.04. The topological polar surface area (TPSA) is 55.8 Å². The summed E-state index contributed by atoms with van der Waals surface area (Å²) in [5.41, 5.74) is 0.971. The maximum atomic E-state index is 11.5. The second-order valence-corrected chi connectivity index (χ2v) is 4.01. The molecule has 1 aliphatic rings. The van der Waals surface area contributed by atoms with Crippen molar-refractivity contribution in [3.8, 4) is 0 Å². The number of ether oxygens (including phenoxy) is 2. The summed E-state index contributed by atoms with van der Waals surface area (Å²) >= 11 is 0. The Kier molecular flexibility index (Phi) is 3.76. The quantitative estimate of drug-likeness (QED) is 0.807. The predicted molar refractivity (Wildman–Crippen MR) is 61.3 cm³/mol. The first-order valence-corrected chi connectivity index (χ1v) is 5.77. The van der Waals surface area contributed by atoms with Crippen molar-refractivity contribution in [2.45, 2.75) is 31.7 Å². The summed E-state index contributed by atoms with van der Waals surface area (Å²) < 4.78 is 10.4. The number of benzene rings is 1. The van der Waals surface area contributed by atoms with Crippen LogP contribution < -0.4 is 0 Å². The largest absolute Gasteiger partial charge is 0.464 e. The Labute approximate surface area is 100 Å². The Bertz CT molecular complexity index is 376. The van der Waals surface area contributed by atoms with Crippen molar-refractivity contribution in [3.05, 3.63) is 35.9 Å². The first-order valence-electron chi connectivity index (χ1n) is 5.77. The standard InChI is InChI=1S/C13H16O4/c1-2-16-13(15)12-10(14)8-11(17-12)9-6-4-3-5-7-9/h3-7,10-12,14H,2,8H2,1H3/t10-,11-,12-/m1/s1. The van der Waals surface area contributed by atoms with E-state index in [1.165, 1.54) is 0 Å². The van der Waals surface area contributed by atoms with Crippen LogP contribution in [-0.2, 0) is 14.3 Å². The lowest BCUT2D eigenvalue weighted by Crippen LogP contribution is -2.32. The minimum Gasteiger partial charge on any atom is -0.464 e. The van der Waals surface area contributed by atoms with Crippen LogP contribution in [-0.4, -0.2) is 29.9 Å². The van der Waals surface area contributed by atoms with Crippen LogP contribution in [0, 0.1) is 0 Å². The molecule has 0 radical (unpaired) electrons. The molecule has 0 spiro atoms. The van der Waals surface area contributed by atoms with Crippen molar-refractivity contribution in [2.75, 3.05) is 6.61 Å². The Morgan fingerprint density at radius 3 is 2.82 bits per heavy atom. The molecule has 0 aromatic heterocycles. The molecule has 0 aliphatic carbocycles. The number of hydrogen-bond acceptors (Lipinski definition) is 4. The fourth-order valence-electron chi connectivity index (χ4n) is 1.99. The molecule has 3 atom stereocenters. The Morgan fingerprint density at radius 2 is 2.18 bits per heavy atom. The summed E-state index contributed by atoms with van der Waals surface area (Å²) in [6.45, 7) is 2.02. The van der Waals surface area contributed by atoms with Gasteiger partial charge in [0.05, 0.1) is 18.8 Å². The lowest BCUT2D eigenvalue weighted by molar-refractivity contribution is -0.159. The highest BCUT2D eigenvalue weighted by molar-refractivity contribution is 5.75. The van der Waals surface area contributed by atoms with E-state index in [4.69, 9.17) is 9.47 Å². The summed E-state index contributed by atoms with van der Waals surface area (Å²) in [6.07, 6.45) is -1.46. The van der Waals surface area contributed by atoms with E-state index in [1.54, 1.807) is 6.92 Å². The second-order valence-electron chi connectivity index (χ2n) is 4.01. The van der Waals surface area contributed by atoms with Crippen LogP contribution in [0.2, 0.25) is 0 Å². The van der Waals surface area contributed by atoms with Crippen molar-refractivity contribution in [2.24, 2.45) is 0 Å². The molecule has 1 fully saturated rings. The van der Waals surface area contributed by atoms with Crippen LogP contribution >= 0.6 is 0 Å². The maximum absolute atomic E-state index is 11.5. The molecule has 4 heteroatoms. The lowest BCUT2D eigenvalue weighted by Gasteiger charge is -2.13. The molecular formula is C13H16O4. The molecule has 0 unspecified atom stereocenters. The van der Waals surface area contributed by atoms with Crippen molar-refractivity contribution in [1.29, 1.82) is 0 Å². The van der Waals surface area contributed by atoms with Crippen LogP contribution in [0.15, 0.2) is 30.3 Å². The number of rotatable bonds is 3. The van der Waals surface area contributed by atoms with Gasteiger partial charge >= 0.3 is 5.97 Å². The Morgan fingerprint density at radius 1 is 1.47 bits per heavy atom. The van der Waals surface area contributed by atoms with Crippen LogP contribution in [0.4, 0.5) is 0 Å². The van der Waals surface area contributed by atoms with Gasteiger partial charge in [0.25, 0.3) is 0 Å². The Hall–Kier alpha value is -1.39. The van der Waals surface area contributed by atoms with Gasteiger partial charge in [-0.25, -0.2) is 4.79 Å². The first kappa shape index (κ1) is 12.1. The van der Waals surface area contributed by atoms with Crippen LogP contribution in [0.25, 0.3) is 0 Å². The van der Waals surface area contributed by atoms with Gasteiger partial charge in [-0.3, -0.25) is 0 Å². The van der Waals surface area contributed by atoms with Gasteiger partial charge in [-0.2, -0.15) is 0 Å². The van der Waals surface area contributed by atoms with E-state index < -0.39 is 18.2 Å². The van der Waals surface area contributed by atoms with E-state index in [9.17, 15) is 9.90 Å². The molecule has 0 amide bonds. The van der Waals surface area contributed by atoms with Crippen LogP contribution in [0.3, 0.4) is 0 Å². The van der Waals surface area contributed by atoms with Gasteiger partial charge in [-0.1, -0.05) is 30.3 Å². The van der Waals surface area contributed by atoms with E-state index in [0.29, 0.717) is 13.0 Å². The average Bonchev–Trinajstić information content (AvgIpc) is 2.73. The molecule has 17 heavy (non-hydrogen) atoms. The molecule has 0 bridgehead atoms. The van der Waals surface area contributed by atoms with Crippen molar-refractivity contribution in [1.82, 2.24) is 0 Å². The zero-order chi connectivity index (χ0) is 12.3. The van der Waals surface area contributed by atoms with Crippen molar-refractivity contribution >= 4 is 5.97 Å². The summed E-state index contributed by atoms with van der Waals surface area (Å²) in [5, 5.41) is 9.79.